The van der Waals surface area contributed by atoms with Gasteiger partial charge in [-0.3, -0.25) is 9.69 Å². The zero-order valence-electron chi connectivity index (χ0n) is 12.9. The second-order valence-corrected chi connectivity index (χ2v) is 5.98. The van der Waals surface area contributed by atoms with E-state index in [1.165, 1.54) is 19.3 Å². The molecule has 1 fully saturated rings. The summed E-state index contributed by atoms with van der Waals surface area (Å²) in [6.45, 7) is 2.82. The second kappa shape index (κ2) is 5.96. The first-order valence-corrected chi connectivity index (χ1v) is 8.06. The molecular weight excluding hydrogens is 290 g/mol. The summed E-state index contributed by atoms with van der Waals surface area (Å²) in [5.41, 5.74) is 1.40. The van der Waals surface area contributed by atoms with Gasteiger partial charge in [0, 0.05) is 0 Å². The molecule has 6 nitrogen and oxygen atoms in total. The molecule has 118 valence electrons. The lowest BCUT2D eigenvalue weighted by molar-refractivity contribution is 0.216. The number of hydrogen-bond acceptors (Lipinski definition) is 4. The van der Waals surface area contributed by atoms with E-state index in [2.05, 4.69) is 20.0 Å². The Kier molecular flexibility index (Phi) is 3.67. The fourth-order valence-electron chi connectivity index (χ4n) is 3.13. The monoisotopic (exact) mass is 309 g/mol. The predicted molar refractivity (Wildman–Crippen MR) is 88.6 cm³/mol. The zero-order valence-corrected chi connectivity index (χ0v) is 12.9. The highest BCUT2D eigenvalue weighted by Gasteiger charge is 2.15. The van der Waals surface area contributed by atoms with Crippen LogP contribution in [0.2, 0.25) is 0 Å². The molecule has 23 heavy (non-hydrogen) atoms. The van der Waals surface area contributed by atoms with E-state index in [1.807, 2.05) is 30.3 Å². The van der Waals surface area contributed by atoms with Crippen molar-refractivity contribution in [2.75, 3.05) is 13.1 Å². The van der Waals surface area contributed by atoms with Gasteiger partial charge in [-0.15, -0.1) is 0 Å². The molecule has 0 spiro atoms. The molecule has 0 saturated carbocycles. The van der Waals surface area contributed by atoms with Gasteiger partial charge in [-0.25, -0.2) is 9.67 Å². The summed E-state index contributed by atoms with van der Waals surface area (Å²) in [6.07, 6.45) is 5.31. The van der Waals surface area contributed by atoms with Crippen molar-refractivity contribution in [2.45, 2.75) is 25.8 Å². The topological polar surface area (TPSA) is 66.8 Å². The van der Waals surface area contributed by atoms with Crippen molar-refractivity contribution in [2.24, 2.45) is 0 Å². The van der Waals surface area contributed by atoms with E-state index in [0.717, 1.165) is 18.8 Å². The van der Waals surface area contributed by atoms with Crippen molar-refractivity contribution in [1.82, 2.24) is 24.6 Å². The molecule has 1 saturated heterocycles. The van der Waals surface area contributed by atoms with Gasteiger partial charge < -0.3 is 4.98 Å². The normalized spacial score (nSPS) is 16.0. The number of aromatic amines is 1. The number of hydrogen-bond donors (Lipinski definition) is 1. The molecule has 3 aromatic rings. The lowest BCUT2D eigenvalue weighted by atomic mass is 10.1. The average molecular weight is 309 g/mol. The predicted octanol–water partition coefficient (Wildman–Crippen LogP) is 2.09. The van der Waals surface area contributed by atoms with Crippen LogP contribution in [0.3, 0.4) is 0 Å². The van der Waals surface area contributed by atoms with Crippen LogP contribution in [-0.2, 0) is 6.54 Å². The van der Waals surface area contributed by atoms with Gasteiger partial charge in [0.15, 0.2) is 5.65 Å². The maximum Gasteiger partial charge on any atom is 0.262 e. The maximum atomic E-state index is 12.3. The Balaban J connectivity index is 1.74. The van der Waals surface area contributed by atoms with Crippen molar-refractivity contribution < 1.29 is 0 Å². The van der Waals surface area contributed by atoms with Gasteiger partial charge in [0.25, 0.3) is 5.56 Å². The molecule has 1 aromatic carbocycles. The smallest absolute Gasteiger partial charge is 0.262 e. The summed E-state index contributed by atoms with van der Waals surface area (Å²) in [6, 6.07) is 9.77. The number of nitrogens with one attached hydrogen (secondary N) is 1. The van der Waals surface area contributed by atoms with Crippen LogP contribution < -0.4 is 5.56 Å². The Morgan fingerprint density at radius 2 is 1.87 bits per heavy atom. The number of para-hydroxylation sites is 1. The first-order valence-electron chi connectivity index (χ1n) is 8.06. The van der Waals surface area contributed by atoms with Gasteiger partial charge in [0.2, 0.25) is 0 Å². The number of likely N-dealkylation sites (tertiary alicyclic amines) is 1. The lowest BCUT2D eigenvalue weighted by Gasteiger charge is -2.25. The molecule has 3 heterocycles. The van der Waals surface area contributed by atoms with Gasteiger partial charge in [0.05, 0.1) is 18.4 Å². The Hall–Kier alpha value is -2.47. The summed E-state index contributed by atoms with van der Waals surface area (Å²) in [5.74, 6) is 0.710. The van der Waals surface area contributed by atoms with Crippen LogP contribution in [0.5, 0.6) is 0 Å². The van der Waals surface area contributed by atoms with E-state index in [9.17, 15) is 4.79 Å². The summed E-state index contributed by atoms with van der Waals surface area (Å²) in [5, 5.41) is 4.86. The number of fused-ring (bicyclic) bond motifs is 1. The summed E-state index contributed by atoms with van der Waals surface area (Å²) in [7, 11) is 0. The van der Waals surface area contributed by atoms with Crippen LogP contribution in [0.4, 0.5) is 0 Å². The molecule has 1 aliphatic rings. The molecule has 6 heteroatoms. The van der Waals surface area contributed by atoms with E-state index in [0.29, 0.717) is 23.4 Å². The highest BCUT2D eigenvalue weighted by molar-refractivity contribution is 5.75. The van der Waals surface area contributed by atoms with Gasteiger partial charge >= 0.3 is 0 Å². The molecule has 0 aliphatic carbocycles. The Bertz CT molecular complexity index is 862. The molecule has 4 rings (SSSR count). The number of rotatable bonds is 3. The average Bonchev–Trinajstić information content (AvgIpc) is 3.01. The number of benzene rings is 1. The number of H-pyrrole nitrogens is 1. The molecular formula is C17H19N5O. The van der Waals surface area contributed by atoms with Crippen LogP contribution in [0, 0.1) is 0 Å². The molecule has 1 N–H and O–H groups in total. The van der Waals surface area contributed by atoms with Gasteiger partial charge in [-0.1, -0.05) is 24.6 Å². The minimum Gasteiger partial charge on any atom is -0.309 e. The van der Waals surface area contributed by atoms with Crippen LogP contribution in [-0.4, -0.2) is 37.7 Å². The summed E-state index contributed by atoms with van der Waals surface area (Å²) < 4.78 is 1.73. The van der Waals surface area contributed by atoms with Gasteiger partial charge in [-0.2, -0.15) is 5.10 Å². The highest BCUT2D eigenvalue weighted by atomic mass is 16.1. The Morgan fingerprint density at radius 1 is 1.09 bits per heavy atom. The van der Waals surface area contributed by atoms with E-state index < -0.39 is 0 Å². The molecule has 1 aliphatic heterocycles. The zero-order chi connectivity index (χ0) is 15.6. The number of nitrogens with zero attached hydrogens (tertiary/aromatic N) is 4. The largest absolute Gasteiger partial charge is 0.309 e. The molecule has 0 unspecified atom stereocenters. The minimum atomic E-state index is -0.121. The van der Waals surface area contributed by atoms with Crippen molar-refractivity contribution in [3.05, 3.63) is 52.7 Å². The Labute approximate surface area is 133 Å². The third-order valence-electron chi connectivity index (χ3n) is 4.31. The van der Waals surface area contributed by atoms with Crippen LogP contribution >= 0.6 is 0 Å². The molecule has 0 atom stereocenters. The lowest BCUT2D eigenvalue weighted by Crippen LogP contribution is -2.30. The van der Waals surface area contributed by atoms with Crippen LogP contribution in [0.25, 0.3) is 16.7 Å². The van der Waals surface area contributed by atoms with E-state index in [4.69, 9.17) is 0 Å². The SMILES string of the molecule is O=c1[nH]c(CN2CCCCC2)nc2c1cnn2-c1ccccc1. The molecule has 0 radical (unpaired) electrons. The number of piperidine rings is 1. The van der Waals surface area contributed by atoms with Crippen LogP contribution in [0.15, 0.2) is 41.3 Å². The molecule has 2 aromatic heterocycles. The van der Waals surface area contributed by atoms with Crippen molar-refractivity contribution in [3.8, 4) is 5.69 Å². The van der Waals surface area contributed by atoms with Crippen LogP contribution in [0.1, 0.15) is 25.1 Å². The summed E-state index contributed by atoms with van der Waals surface area (Å²) in [4.78, 5) is 22.2. The fourth-order valence-corrected chi connectivity index (χ4v) is 3.13. The van der Waals surface area contributed by atoms with Crippen molar-refractivity contribution in [3.63, 3.8) is 0 Å². The van der Waals surface area contributed by atoms with Gasteiger partial charge in [0.1, 0.15) is 11.2 Å². The van der Waals surface area contributed by atoms with E-state index in [1.54, 1.807) is 10.9 Å². The standard InChI is InChI=1S/C17H19N5O/c23-17-14-11-18-22(13-7-3-1-4-8-13)16(14)19-15(20-17)12-21-9-5-2-6-10-21/h1,3-4,7-8,11H,2,5-6,9-10,12H2,(H,19,20,23). The van der Waals surface area contributed by atoms with Crippen molar-refractivity contribution in [1.29, 1.82) is 0 Å². The first-order chi connectivity index (χ1) is 11.3. The highest BCUT2D eigenvalue weighted by Crippen LogP contribution is 2.15. The molecule has 0 amide bonds. The third-order valence-corrected chi connectivity index (χ3v) is 4.31. The van der Waals surface area contributed by atoms with Crippen molar-refractivity contribution >= 4 is 11.0 Å². The Morgan fingerprint density at radius 3 is 2.65 bits per heavy atom. The quantitative estimate of drug-likeness (QED) is 0.804. The summed E-state index contributed by atoms with van der Waals surface area (Å²) >= 11 is 0. The maximum absolute atomic E-state index is 12.3. The third kappa shape index (κ3) is 2.77. The van der Waals surface area contributed by atoms with Gasteiger partial charge in [-0.05, 0) is 38.1 Å². The van der Waals surface area contributed by atoms with E-state index >= 15 is 0 Å². The first kappa shape index (κ1) is 14.1. The fraction of sp³-hybridized carbons (Fsp3) is 0.353. The van der Waals surface area contributed by atoms with E-state index in [-0.39, 0.29) is 5.56 Å². The second-order valence-electron chi connectivity index (χ2n) is 5.98. The molecule has 0 bridgehead atoms. The minimum absolute atomic E-state index is 0.121. The number of aromatic nitrogens is 4.